The fourth-order valence-corrected chi connectivity index (χ4v) is 4.64. The maximum absolute atomic E-state index is 13.6. The Morgan fingerprint density at radius 3 is 2.69 bits per heavy atom. The smallest absolute Gasteiger partial charge is 0.290 e. The van der Waals surface area contributed by atoms with Gasteiger partial charge in [-0.25, -0.2) is 5.01 Å². The minimum atomic E-state index is -0.423. The SMILES string of the molecule is COCCN(CC(=O)N1N=C(c2cccs2)CC1c1cc(OC)ccc1OC)C(=O)c1ccco1. The standard InChI is InChI=1S/C25H27N3O6S/c1-31-12-10-27(25(30)22-6-4-11-34-22)16-24(29)28-20(15-19(26-28)23-7-5-13-35-23)18-14-17(32-2)8-9-21(18)33-3/h4-9,11,13-14,20H,10,12,15-16H2,1-3H3. The molecule has 3 heterocycles. The van der Waals surface area contributed by atoms with E-state index < -0.39 is 11.9 Å². The van der Waals surface area contributed by atoms with Crippen molar-refractivity contribution in [2.75, 3.05) is 41.0 Å². The van der Waals surface area contributed by atoms with Gasteiger partial charge >= 0.3 is 0 Å². The van der Waals surface area contributed by atoms with Crippen molar-refractivity contribution < 1.29 is 28.2 Å². The first kappa shape index (κ1) is 24.5. The van der Waals surface area contributed by atoms with E-state index in [1.807, 2.05) is 29.6 Å². The van der Waals surface area contributed by atoms with Crippen LogP contribution in [-0.4, -0.2) is 68.5 Å². The monoisotopic (exact) mass is 497 g/mol. The lowest BCUT2D eigenvalue weighted by Gasteiger charge is -2.27. The molecule has 0 bridgehead atoms. The van der Waals surface area contributed by atoms with Gasteiger partial charge in [0.05, 0.1) is 43.7 Å². The van der Waals surface area contributed by atoms with Gasteiger partial charge < -0.3 is 23.5 Å². The third-order valence-electron chi connectivity index (χ3n) is 5.68. The van der Waals surface area contributed by atoms with Crippen molar-refractivity contribution >= 4 is 28.9 Å². The summed E-state index contributed by atoms with van der Waals surface area (Å²) in [6.07, 6.45) is 1.92. The maximum Gasteiger partial charge on any atom is 0.290 e. The lowest BCUT2D eigenvalue weighted by atomic mass is 9.99. The van der Waals surface area contributed by atoms with Crippen LogP contribution >= 0.6 is 11.3 Å². The number of ether oxygens (including phenoxy) is 3. The van der Waals surface area contributed by atoms with Crippen LogP contribution in [-0.2, 0) is 9.53 Å². The first-order valence-corrected chi connectivity index (χ1v) is 11.9. The predicted molar refractivity (Wildman–Crippen MR) is 131 cm³/mol. The molecule has 1 aliphatic heterocycles. The summed E-state index contributed by atoms with van der Waals surface area (Å²) in [5.41, 5.74) is 1.57. The van der Waals surface area contributed by atoms with Gasteiger partial charge in [0, 0.05) is 25.6 Å². The molecule has 1 aliphatic rings. The van der Waals surface area contributed by atoms with Crippen LogP contribution in [0.2, 0.25) is 0 Å². The van der Waals surface area contributed by atoms with E-state index in [9.17, 15) is 9.59 Å². The number of amides is 2. The molecule has 2 aromatic heterocycles. The molecule has 9 nitrogen and oxygen atoms in total. The van der Waals surface area contributed by atoms with E-state index in [1.54, 1.807) is 50.9 Å². The molecule has 3 aromatic rings. The van der Waals surface area contributed by atoms with E-state index in [1.165, 1.54) is 16.2 Å². The molecular formula is C25H27N3O6S. The van der Waals surface area contributed by atoms with E-state index in [2.05, 4.69) is 0 Å². The van der Waals surface area contributed by atoms with Crippen molar-refractivity contribution in [1.29, 1.82) is 0 Å². The Kier molecular flexibility index (Phi) is 7.84. The van der Waals surface area contributed by atoms with Crippen LogP contribution in [0.4, 0.5) is 0 Å². The molecule has 0 saturated carbocycles. The van der Waals surface area contributed by atoms with Crippen LogP contribution in [0, 0.1) is 0 Å². The second-order valence-electron chi connectivity index (χ2n) is 7.79. The molecule has 10 heteroatoms. The summed E-state index contributed by atoms with van der Waals surface area (Å²) in [4.78, 5) is 29.0. The number of benzene rings is 1. The number of nitrogens with zero attached hydrogens (tertiary/aromatic N) is 3. The van der Waals surface area contributed by atoms with Gasteiger partial charge in [-0.05, 0) is 41.8 Å². The van der Waals surface area contributed by atoms with Gasteiger partial charge in [-0.2, -0.15) is 5.10 Å². The van der Waals surface area contributed by atoms with E-state index >= 15 is 0 Å². The van der Waals surface area contributed by atoms with Crippen LogP contribution in [0.3, 0.4) is 0 Å². The molecule has 35 heavy (non-hydrogen) atoms. The molecule has 0 spiro atoms. The Morgan fingerprint density at radius 1 is 1.17 bits per heavy atom. The molecule has 0 aliphatic carbocycles. The van der Waals surface area contributed by atoms with Gasteiger partial charge in [0.2, 0.25) is 0 Å². The highest BCUT2D eigenvalue weighted by atomic mass is 32.1. The summed E-state index contributed by atoms with van der Waals surface area (Å²) < 4.78 is 21.4. The van der Waals surface area contributed by atoms with E-state index in [0.29, 0.717) is 17.9 Å². The number of furan rings is 1. The quantitative estimate of drug-likeness (QED) is 0.423. The average Bonchev–Trinajstić information content (AvgIpc) is 3.67. The number of carbonyl (C=O) groups excluding carboxylic acids is 2. The fraction of sp³-hybridized carbons (Fsp3) is 0.320. The summed E-state index contributed by atoms with van der Waals surface area (Å²) in [6, 6.07) is 12.2. The van der Waals surface area contributed by atoms with Crippen LogP contribution < -0.4 is 9.47 Å². The summed E-state index contributed by atoms with van der Waals surface area (Å²) in [5.74, 6) is 0.704. The van der Waals surface area contributed by atoms with Gasteiger partial charge in [0.25, 0.3) is 11.8 Å². The summed E-state index contributed by atoms with van der Waals surface area (Å²) in [5, 5.41) is 8.11. The molecule has 0 saturated heterocycles. The zero-order valence-electron chi connectivity index (χ0n) is 19.8. The lowest BCUT2D eigenvalue weighted by Crippen LogP contribution is -2.42. The maximum atomic E-state index is 13.6. The normalized spacial score (nSPS) is 15.1. The second-order valence-corrected chi connectivity index (χ2v) is 8.73. The number of methoxy groups -OCH3 is 3. The van der Waals surface area contributed by atoms with E-state index in [0.717, 1.165) is 16.2 Å². The lowest BCUT2D eigenvalue weighted by molar-refractivity contribution is -0.133. The van der Waals surface area contributed by atoms with Crippen molar-refractivity contribution in [2.45, 2.75) is 12.5 Å². The molecular weight excluding hydrogens is 470 g/mol. The molecule has 4 rings (SSSR count). The summed E-state index contributed by atoms with van der Waals surface area (Å²) in [7, 11) is 4.72. The average molecular weight is 498 g/mol. The van der Waals surface area contributed by atoms with Crippen molar-refractivity contribution in [3.05, 3.63) is 70.3 Å². The highest BCUT2D eigenvalue weighted by molar-refractivity contribution is 7.12. The van der Waals surface area contributed by atoms with Gasteiger partial charge in [0.15, 0.2) is 5.76 Å². The van der Waals surface area contributed by atoms with E-state index in [4.69, 9.17) is 23.7 Å². The highest BCUT2D eigenvalue weighted by Gasteiger charge is 2.36. The van der Waals surface area contributed by atoms with Crippen molar-refractivity contribution in [3.8, 4) is 11.5 Å². The molecule has 1 atom stereocenters. The van der Waals surface area contributed by atoms with Crippen molar-refractivity contribution in [1.82, 2.24) is 9.91 Å². The van der Waals surface area contributed by atoms with Gasteiger partial charge in [0.1, 0.15) is 18.0 Å². The first-order valence-electron chi connectivity index (χ1n) is 11.0. The van der Waals surface area contributed by atoms with Crippen molar-refractivity contribution in [2.24, 2.45) is 5.10 Å². The van der Waals surface area contributed by atoms with Gasteiger partial charge in [-0.15, -0.1) is 11.3 Å². The van der Waals surface area contributed by atoms with Crippen molar-refractivity contribution in [3.63, 3.8) is 0 Å². The third-order valence-corrected chi connectivity index (χ3v) is 6.60. The largest absolute Gasteiger partial charge is 0.497 e. The molecule has 1 unspecified atom stereocenters. The Hall–Kier alpha value is -3.63. The Morgan fingerprint density at radius 2 is 2.03 bits per heavy atom. The molecule has 184 valence electrons. The van der Waals surface area contributed by atoms with Crippen LogP contribution in [0.1, 0.15) is 33.5 Å². The van der Waals surface area contributed by atoms with Crippen LogP contribution in [0.25, 0.3) is 0 Å². The Bertz CT molecular complexity index is 1180. The first-order chi connectivity index (χ1) is 17.0. The Balaban J connectivity index is 1.66. The number of carbonyl (C=O) groups is 2. The predicted octanol–water partition coefficient (Wildman–Crippen LogP) is 3.82. The second kappa shape index (κ2) is 11.2. The zero-order chi connectivity index (χ0) is 24.8. The number of hydrogen-bond acceptors (Lipinski definition) is 8. The number of thiophene rings is 1. The summed E-state index contributed by atoms with van der Waals surface area (Å²) >= 11 is 1.56. The van der Waals surface area contributed by atoms with E-state index in [-0.39, 0.29) is 31.4 Å². The van der Waals surface area contributed by atoms with Gasteiger partial charge in [-0.1, -0.05) is 6.07 Å². The molecule has 0 fully saturated rings. The number of hydrogen-bond donors (Lipinski definition) is 0. The molecule has 0 N–H and O–H groups in total. The highest BCUT2D eigenvalue weighted by Crippen LogP contribution is 2.39. The summed E-state index contributed by atoms with van der Waals surface area (Å²) in [6.45, 7) is 0.313. The molecule has 0 radical (unpaired) electrons. The zero-order valence-corrected chi connectivity index (χ0v) is 20.6. The van der Waals surface area contributed by atoms with Crippen LogP contribution in [0.5, 0.6) is 11.5 Å². The Labute approximate surface area is 207 Å². The number of rotatable bonds is 10. The fourth-order valence-electron chi connectivity index (χ4n) is 3.92. The number of hydrazone groups is 1. The van der Waals surface area contributed by atoms with Crippen LogP contribution in [0.15, 0.2) is 63.6 Å². The minimum absolute atomic E-state index is 0.157. The van der Waals surface area contributed by atoms with Gasteiger partial charge in [-0.3, -0.25) is 9.59 Å². The third kappa shape index (κ3) is 5.39. The topological polar surface area (TPSA) is 93.8 Å². The molecule has 1 aromatic carbocycles. The minimum Gasteiger partial charge on any atom is -0.497 e. The molecule has 2 amide bonds.